The molecule has 0 saturated heterocycles. The topological polar surface area (TPSA) is 66.3 Å². The second-order valence-corrected chi connectivity index (χ2v) is 8.40. The third-order valence-electron chi connectivity index (χ3n) is 3.85. The number of carbonyl (C=O) groups is 1. The van der Waals surface area contributed by atoms with Gasteiger partial charge in [0.1, 0.15) is 35.6 Å². The predicted molar refractivity (Wildman–Crippen MR) is 107 cm³/mol. The highest BCUT2D eigenvalue weighted by Crippen LogP contribution is 2.31. The summed E-state index contributed by atoms with van der Waals surface area (Å²) in [6.45, 7) is 9.78. The molecule has 2 atom stereocenters. The van der Waals surface area contributed by atoms with Crippen molar-refractivity contribution in [1.82, 2.24) is 0 Å². The van der Waals surface area contributed by atoms with Crippen LogP contribution < -0.4 is 4.74 Å². The monoisotopic (exact) mass is 459 g/mol. The van der Waals surface area contributed by atoms with Crippen LogP contribution in [0.5, 0.6) is 5.75 Å². The number of hydrogen-bond donors (Lipinski definition) is 0. The van der Waals surface area contributed by atoms with Crippen LogP contribution in [-0.4, -0.2) is 42.7 Å². The Bertz CT molecular complexity index is 732. The molecule has 0 spiro atoms. The van der Waals surface area contributed by atoms with E-state index in [1.807, 2.05) is 0 Å². The lowest BCUT2D eigenvalue weighted by Crippen LogP contribution is -2.34. The highest BCUT2D eigenvalue weighted by Gasteiger charge is 2.31. The molecule has 6 nitrogen and oxygen atoms in total. The first-order chi connectivity index (χ1) is 13.1. The summed E-state index contributed by atoms with van der Waals surface area (Å²) in [6, 6.07) is 2.76. The average molecular weight is 460 g/mol. The molecular weight excluding hydrogens is 433 g/mol. The molecule has 28 heavy (non-hydrogen) atoms. The minimum Gasteiger partial charge on any atom is -0.478 e. The van der Waals surface area contributed by atoms with Crippen molar-refractivity contribution < 1.29 is 28.2 Å². The third-order valence-corrected chi connectivity index (χ3v) is 4.46. The summed E-state index contributed by atoms with van der Waals surface area (Å²) in [5, 5.41) is 4.06. The summed E-state index contributed by atoms with van der Waals surface area (Å²) in [7, 11) is 0. The quantitative estimate of drug-likeness (QED) is 0.419. The Labute approximate surface area is 173 Å². The molecular formula is C20H27BrFNO5. The fourth-order valence-corrected chi connectivity index (χ4v) is 2.82. The minimum absolute atomic E-state index is 0.174. The predicted octanol–water partition coefficient (Wildman–Crippen LogP) is 4.62. The lowest BCUT2D eigenvalue weighted by Gasteiger charge is -2.23. The van der Waals surface area contributed by atoms with E-state index in [0.29, 0.717) is 17.9 Å². The van der Waals surface area contributed by atoms with E-state index in [9.17, 15) is 9.18 Å². The summed E-state index contributed by atoms with van der Waals surface area (Å²) in [6.07, 6.45) is 0.601. The number of halogens is 2. The number of hydrogen-bond acceptors (Lipinski definition) is 6. The smallest absolute Gasteiger partial charge is 0.347 e. The van der Waals surface area contributed by atoms with Crippen molar-refractivity contribution >= 4 is 27.6 Å². The van der Waals surface area contributed by atoms with Gasteiger partial charge in [0.05, 0.1) is 4.47 Å². The van der Waals surface area contributed by atoms with E-state index >= 15 is 0 Å². The molecule has 0 N–H and O–H groups in total. The van der Waals surface area contributed by atoms with Crippen LogP contribution in [0.15, 0.2) is 21.8 Å². The van der Waals surface area contributed by atoms with Gasteiger partial charge in [0.25, 0.3) is 0 Å². The first kappa shape index (κ1) is 22.6. The van der Waals surface area contributed by atoms with Gasteiger partial charge >= 0.3 is 5.97 Å². The summed E-state index contributed by atoms with van der Waals surface area (Å²) in [4.78, 5) is 17.5. The van der Waals surface area contributed by atoms with Crippen LogP contribution in [0.3, 0.4) is 0 Å². The third kappa shape index (κ3) is 6.17. The second-order valence-electron chi connectivity index (χ2n) is 7.54. The molecule has 1 aliphatic rings. The van der Waals surface area contributed by atoms with Crippen LogP contribution in [0.1, 0.15) is 53.0 Å². The number of unbranched alkanes of at least 4 members (excludes halogenated alkanes) is 1. The van der Waals surface area contributed by atoms with E-state index in [0.717, 1.165) is 12.8 Å². The Morgan fingerprint density at radius 2 is 2.14 bits per heavy atom. The van der Waals surface area contributed by atoms with Crippen LogP contribution in [0.4, 0.5) is 4.39 Å². The van der Waals surface area contributed by atoms with Gasteiger partial charge in [-0.05, 0) is 56.1 Å². The molecule has 1 aromatic rings. The maximum Gasteiger partial charge on any atom is 0.347 e. The maximum absolute atomic E-state index is 14.2. The van der Waals surface area contributed by atoms with Gasteiger partial charge in [-0.3, -0.25) is 0 Å². The van der Waals surface area contributed by atoms with Crippen LogP contribution in [-0.2, 0) is 19.1 Å². The number of esters is 1. The average Bonchev–Trinajstić information content (AvgIpc) is 3.05. The standard InChI is InChI=1S/C20H27BrFNO5/c1-6-7-8-25-17-11-26-23-18(17)13-9-14(21)15(22)10-16(13)27-12(2)19(24)28-20(3,4)5/h9-10,12,17H,6-8,11H2,1-5H3. The van der Waals surface area contributed by atoms with E-state index in [-0.39, 0.29) is 22.9 Å². The Morgan fingerprint density at radius 3 is 2.79 bits per heavy atom. The van der Waals surface area contributed by atoms with Crippen molar-refractivity contribution in [3.63, 3.8) is 0 Å². The number of nitrogens with zero attached hydrogens (tertiary/aromatic N) is 1. The van der Waals surface area contributed by atoms with E-state index in [1.165, 1.54) is 6.07 Å². The maximum atomic E-state index is 14.2. The molecule has 0 fully saturated rings. The molecule has 2 rings (SSSR count). The fraction of sp³-hybridized carbons (Fsp3) is 0.600. The van der Waals surface area contributed by atoms with Crippen LogP contribution in [0, 0.1) is 5.82 Å². The zero-order valence-corrected chi connectivity index (χ0v) is 18.5. The first-order valence-corrected chi connectivity index (χ1v) is 10.1. The lowest BCUT2D eigenvalue weighted by molar-refractivity contribution is -0.162. The second kappa shape index (κ2) is 9.69. The van der Waals surface area contributed by atoms with Crippen molar-refractivity contribution in [2.24, 2.45) is 5.16 Å². The minimum atomic E-state index is -0.930. The normalized spacial score (nSPS) is 17.7. The van der Waals surface area contributed by atoms with Crippen molar-refractivity contribution in [1.29, 1.82) is 0 Å². The molecule has 0 aromatic heterocycles. The van der Waals surface area contributed by atoms with Crippen LogP contribution in [0.25, 0.3) is 0 Å². The molecule has 8 heteroatoms. The van der Waals surface area contributed by atoms with Gasteiger partial charge in [-0.25, -0.2) is 9.18 Å². The van der Waals surface area contributed by atoms with E-state index in [4.69, 9.17) is 19.0 Å². The number of ether oxygens (including phenoxy) is 3. The molecule has 1 aliphatic heterocycles. The van der Waals surface area contributed by atoms with E-state index in [2.05, 4.69) is 28.0 Å². The van der Waals surface area contributed by atoms with Gasteiger partial charge < -0.3 is 19.0 Å². The van der Waals surface area contributed by atoms with Gasteiger partial charge in [-0.15, -0.1) is 0 Å². The first-order valence-electron chi connectivity index (χ1n) is 9.32. The lowest BCUT2D eigenvalue weighted by atomic mass is 10.0. The molecule has 1 heterocycles. The van der Waals surface area contributed by atoms with Gasteiger partial charge in [0.2, 0.25) is 0 Å². The zero-order chi connectivity index (χ0) is 20.9. The molecule has 156 valence electrons. The molecule has 1 aromatic carbocycles. The van der Waals surface area contributed by atoms with E-state index in [1.54, 1.807) is 33.8 Å². The Kier molecular flexibility index (Phi) is 7.83. The Morgan fingerprint density at radius 1 is 1.43 bits per heavy atom. The van der Waals surface area contributed by atoms with Crippen molar-refractivity contribution in [3.05, 3.63) is 28.0 Å². The van der Waals surface area contributed by atoms with E-state index < -0.39 is 23.5 Å². The molecule has 2 unspecified atom stereocenters. The summed E-state index contributed by atoms with van der Waals surface area (Å²) in [5.41, 5.74) is 0.357. The highest BCUT2D eigenvalue weighted by molar-refractivity contribution is 9.10. The van der Waals surface area contributed by atoms with Gasteiger partial charge in [0, 0.05) is 18.2 Å². The number of rotatable bonds is 8. The van der Waals surface area contributed by atoms with Gasteiger partial charge in [-0.1, -0.05) is 18.5 Å². The highest BCUT2D eigenvalue weighted by atomic mass is 79.9. The zero-order valence-electron chi connectivity index (χ0n) is 16.9. The van der Waals surface area contributed by atoms with Crippen LogP contribution >= 0.6 is 15.9 Å². The van der Waals surface area contributed by atoms with Gasteiger partial charge in [0.15, 0.2) is 6.10 Å². The molecule has 0 amide bonds. The Hall–Kier alpha value is -1.67. The van der Waals surface area contributed by atoms with Gasteiger partial charge in [-0.2, -0.15) is 0 Å². The molecule has 0 aliphatic carbocycles. The molecule has 0 radical (unpaired) electrons. The largest absolute Gasteiger partial charge is 0.478 e. The number of oxime groups is 1. The number of benzene rings is 1. The molecule has 0 saturated carbocycles. The van der Waals surface area contributed by atoms with Crippen molar-refractivity contribution in [2.75, 3.05) is 13.2 Å². The van der Waals surface area contributed by atoms with Crippen molar-refractivity contribution in [3.8, 4) is 5.75 Å². The molecule has 0 bridgehead atoms. The Balaban J connectivity index is 2.25. The van der Waals surface area contributed by atoms with Crippen molar-refractivity contribution in [2.45, 2.75) is 65.3 Å². The summed E-state index contributed by atoms with van der Waals surface area (Å²) < 4.78 is 31.3. The summed E-state index contributed by atoms with van der Waals surface area (Å²) >= 11 is 3.19. The number of carbonyl (C=O) groups excluding carboxylic acids is 1. The SMILES string of the molecule is CCCCOC1CON=C1c1cc(Br)c(F)cc1OC(C)C(=O)OC(C)(C)C. The fourth-order valence-electron chi connectivity index (χ4n) is 2.48. The van der Waals surface area contributed by atoms with Crippen LogP contribution in [0.2, 0.25) is 0 Å². The summed E-state index contributed by atoms with van der Waals surface area (Å²) in [5.74, 6) is -0.882.